The number of anilines is 3. The highest BCUT2D eigenvalue weighted by molar-refractivity contribution is 5.88. The molecule has 27 heavy (non-hydrogen) atoms. The van der Waals surface area contributed by atoms with Gasteiger partial charge in [-0.25, -0.2) is 9.37 Å². The molecule has 2 fully saturated rings. The van der Waals surface area contributed by atoms with Gasteiger partial charge in [-0.2, -0.15) is 10.1 Å². The van der Waals surface area contributed by atoms with Crippen LogP contribution >= 0.6 is 0 Å². The number of hydrogen-bond acceptors (Lipinski definition) is 6. The Morgan fingerprint density at radius 3 is 2.63 bits per heavy atom. The van der Waals surface area contributed by atoms with Gasteiger partial charge in [0.05, 0.1) is 11.9 Å². The van der Waals surface area contributed by atoms with Crippen molar-refractivity contribution < 1.29 is 9.18 Å². The number of alkyl halides is 1. The maximum atomic E-state index is 13.9. The Kier molecular flexibility index (Phi) is 4.24. The zero-order chi connectivity index (χ0) is 19.1. The number of piperidine rings is 1. The fourth-order valence-corrected chi connectivity index (χ4v) is 3.28. The Hall–Kier alpha value is -2.71. The molecular formula is C18H24FN7O. The fraction of sp³-hybridized carbons (Fsp3) is 0.556. The number of aromatic nitrogens is 4. The molecular weight excluding hydrogens is 349 g/mol. The molecule has 0 aromatic carbocycles. The maximum absolute atomic E-state index is 13.9. The van der Waals surface area contributed by atoms with E-state index in [4.69, 9.17) is 0 Å². The molecule has 0 bridgehead atoms. The van der Waals surface area contributed by atoms with E-state index in [0.29, 0.717) is 18.8 Å². The van der Waals surface area contributed by atoms with Crippen molar-refractivity contribution in [3.05, 3.63) is 24.7 Å². The van der Waals surface area contributed by atoms with Crippen molar-refractivity contribution in [3.8, 4) is 0 Å². The highest BCUT2D eigenvalue weighted by Gasteiger charge is 2.52. The summed E-state index contributed by atoms with van der Waals surface area (Å²) in [6.07, 6.45) is 7.44. The molecule has 2 aromatic heterocycles. The van der Waals surface area contributed by atoms with Crippen LogP contribution in [0.2, 0.25) is 0 Å². The van der Waals surface area contributed by atoms with E-state index in [-0.39, 0.29) is 5.54 Å². The van der Waals surface area contributed by atoms with Crippen LogP contribution in [0.25, 0.3) is 0 Å². The third kappa shape index (κ3) is 3.86. The van der Waals surface area contributed by atoms with E-state index < -0.39 is 11.6 Å². The van der Waals surface area contributed by atoms with Crippen LogP contribution in [0.1, 0.15) is 32.6 Å². The number of hydrogen-bond donors (Lipinski definition) is 2. The average Bonchev–Trinajstić information content (AvgIpc) is 3.27. The van der Waals surface area contributed by atoms with Crippen molar-refractivity contribution in [3.63, 3.8) is 0 Å². The normalized spacial score (nSPS) is 20.2. The van der Waals surface area contributed by atoms with Gasteiger partial charge in [0.15, 0.2) is 5.67 Å². The summed E-state index contributed by atoms with van der Waals surface area (Å²) in [6, 6.07) is 1.87. The molecule has 0 radical (unpaired) electrons. The van der Waals surface area contributed by atoms with Crippen LogP contribution in [0.5, 0.6) is 0 Å². The Morgan fingerprint density at radius 1 is 1.26 bits per heavy atom. The molecule has 1 aliphatic heterocycles. The Balaban J connectivity index is 1.37. The van der Waals surface area contributed by atoms with E-state index in [0.717, 1.165) is 37.4 Å². The van der Waals surface area contributed by atoms with Gasteiger partial charge in [-0.05, 0) is 38.7 Å². The highest BCUT2D eigenvalue weighted by atomic mass is 19.1. The monoisotopic (exact) mass is 373 g/mol. The van der Waals surface area contributed by atoms with Gasteiger partial charge < -0.3 is 15.5 Å². The summed E-state index contributed by atoms with van der Waals surface area (Å²) in [7, 11) is 1.85. The molecule has 2 N–H and O–H groups in total. The van der Waals surface area contributed by atoms with Gasteiger partial charge >= 0.3 is 0 Å². The summed E-state index contributed by atoms with van der Waals surface area (Å²) in [5, 5.41) is 10.2. The van der Waals surface area contributed by atoms with Crippen LogP contribution in [0.3, 0.4) is 0 Å². The first-order valence-electron chi connectivity index (χ1n) is 9.21. The average molecular weight is 373 g/mol. The summed E-state index contributed by atoms with van der Waals surface area (Å²) in [5.41, 5.74) is -1.18. The predicted octanol–water partition coefficient (Wildman–Crippen LogP) is 1.93. The second-order valence-electron chi connectivity index (χ2n) is 7.73. The Labute approximate surface area is 157 Å². The first-order chi connectivity index (χ1) is 12.9. The number of rotatable bonds is 5. The van der Waals surface area contributed by atoms with Gasteiger partial charge in [0.25, 0.3) is 5.91 Å². The number of nitrogens with zero attached hydrogens (tertiary/aromatic N) is 5. The molecule has 8 nitrogen and oxygen atoms in total. The summed E-state index contributed by atoms with van der Waals surface area (Å²) in [5.74, 6) is 0.882. The molecule has 0 spiro atoms. The second kappa shape index (κ2) is 6.47. The van der Waals surface area contributed by atoms with E-state index >= 15 is 0 Å². The predicted molar refractivity (Wildman–Crippen MR) is 99.6 cm³/mol. The lowest BCUT2D eigenvalue weighted by Crippen LogP contribution is -2.55. The quantitative estimate of drug-likeness (QED) is 0.833. The number of carbonyl (C=O) groups excluding carboxylic acids is 1. The van der Waals surface area contributed by atoms with Crippen molar-refractivity contribution in [2.45, 2.75) is 43.8 Å². The lowest BCUT2D eigenvalue weighted by Gasteiger charge is -2.40. The van der Waals surface area contributed by atoms with Crippen molar-refractivity contribution in [2.75, 3.05) is 23.3 Å². The molecule has 2 aromatic rings. The summed E-state index contributed by atoms with van der Waals surface area (Å²) >= 11 is 0. The van der Waals surface area contributed by atoms with Gasteiger partial charge in [0, 0.05) is 38.1 Å². The number of carbonyl (C=O) groups is 1. The van der Waals surface area contributed by atoms with E-state index in [1.165, 1.54) is 0 Å². The van der Waals surface area contributed by atoms with E-state index in [9.17, 15) is 9.18 Å². The van der Waals surface area contributed by atoms with Crippen molar-refractivity contribution >= 4 is 23.4 Å². The topological polar surface area (TPSA) is 88.0 Å². The van der Waals surface area contributed by atoms with Crippen LogP contribution in [-0.2, 0) is 11.8 Å². The first-order valence-corrected chi connectivity index (χ1v) is 9.21. The van der Waals surface area contributed by atoms with Gasteiger partial charge in [0.1, 0.15) is 5.82 Å². The summed E-state index contributed by atoms with van der Waals surface area (Å²) in [6.45, 7) is 3.46. The van der Waals surface area contributed by atoms with Crippen molar-refractivity contribution in [1.82, 2.24) is 25.1 Å². The van der Waals surface area contributed by atoms with Gasteiger partial charge in [-0.3, -0.25) is 9.48 Å². The molecule has 1 saturated heterocycles. The molecule has 2 aliphatic rings. The lowest BCUT2D eigenvalue weighted by molar-refractivity contribution is -0.129. The smallest absolute Gasteiger partial charge is 0.258 e. The minimum Gasteiger partial charge on any atom is -0.356 e. The standard InChI is InChI=1S/C18H24FN7O/c1-17(24-15(27)18(19)4-5-18)6-9-26(10-7-17)14-3-8-20-16(23-14)22-13-11-21-25(2)12-13/h3,8,11-12H,4-7,9-10H2,1-2H3,(H,24,27)(H,20,22,23). The Bertz CT molecular complexity index is 840. The number of halogens is 1. The molecule has 4 rings (SSSR count). The van der Waals surface area contributed by atoms with Gasteiger partial charge in [-0.15, -0.1) is 0 Å². The molecule has 1 aliphatic carbocycles. The van der Waals surface area contributed by atoms with Crippen LogP contribution in [0.15, 0.2) is 24.7 Å². The van der Waals surface area contributed by atoms with Crippen molar-refractivity contribution in [2.24, 2.45) is 7.05 Å². The second-order valence-corrected chi connectivity index (χ2v) is 7.73. The van der Waals surface area contributed by atoms with E-state index in [2.05, 4.69) is 30.6 Å². The summed E-state index contributed by atoms with van der Waals surface area (Å²) in [4.78, 5) is 23.0. The molecule has 0 atom stereocenters. The van der Waals surface area contributed by atoms with Crippen LogP contribution < -0.4 is 15.5 Å². The third-order valence-corrected chi connectivity index (χ3v) is 5.30. The highest BCUT2D eigenvalue weighted by Crippen LogP contribution is 2.40. The first kappa shape index (κ1) is 17.7. The van der Waals surface area contributed by atoms with Crippen LogP contribution in [0.4, 0.5) is 21.8 Å². The summed E-state index contributed by atoms with van der Waals surface area (Å²) < 4.78 is 15.6. The molecule has 1 saturated carbocycles. The minimum atomic E-state index is -1.63. The minimum absolute atomic E-state index is 0.342. The lowest BCUT2D eigenvalue weighted by atomic mass is 9.89. The van der Waals surface area contributed by atoms with Gasteiger partial charge in [0.2, 0.25) is 5.95 Å². The largest absolute Gasteiger partial charge is 0.356 e. The molecule has 1 amide bonds. The van der Waals surface area contributed by atoms with Crippen LogP contribution in [0, 0.1) is 0 Å². The molecule has 0 unspecified atom stereocenters. The zero-order valence-corrected chi connectivity index (χ0v) is 15.6. The number of nitrogens with one attached hydrogen (secondary N) is 2. The fourth-order valence-electron chi connectivity index (χ4n) is 3.28. The zero-order valence-electron chi connectivity index (χ0n) is 15.6. The SMILES string of the molecule is Cn1cc(Nc2nccc(N3CCC(C)(NC(=O)C4(F)CC4)CC3)n2)cn1. The van der Waals surface area contributed by atoms with E-state index in [1.54, 1.807) is 17.1 Å². The van der Waals surface area contributed by atoms with Gasteiger partial charge in [-0.1, -0.05) is 0 Å². The van der Waals surface area contributed by atoms with Crippen LogP contribution in [-0.4, -0.2) is 50.0 Å². The maximum Gasteiger partial charge on any atom is 0.258 e. The molecule has 144 valence electrons. The number of amides is 1. The van der Waals surface area contributed by atoms with E-state index in [1.807, 2.05) is 26.2 Å². The third-order valence-electron chi connectivity index (χ3n) is 5.30. The number of aryl methyl sites for hydroxylation is 1. The molecule has 3 heterocycles. The Morgan fingerprint density at radius 2 is 2.00 bits per heavy atom. The molecule has 9 heteroatoms. The van der Waals surface area contributed by atoms with Crippen molar-refractivity contribution in [1.29, 1.82) is 0 Å².